The molecule has 2 unspecified atom stereocenters. The van der Waals surface area contributed by atoms with Crippen LogP contribution in [0.25, 0.3) is 0 Å². The number of ether oxygens (including phenoxy) is 1. The Morgan fingerprint density at radius 3 is 2.19 bits per heavy atom. The molecule has 5 nitrogen and oxygen atoms in total. The molecule has 32 heavy (non-hydrogen) atoms. The van der Waals surface area contributed by atoms with Crippen molar-refractivity contribution in [2.24, 2.45) is 11.0 Å². The van der Waals surface area contributed by atoms with Crippen molar-refractivity contribution in [1.29, 1.82) is 0 Å². The van der Waals surface area contributed by atoms with Crippen molar-refractivity contribution in [3.63, 3.8) is 0 Å². The fourth-order valence-corrected chi connectivity index (χ4v) is 3.76. The zero-order valence-electron chi connectivity index (χ0n) is 17.3. The zero-order chi connectivity index (χ0) is 22.5. The molecule has 0 amide bonds. The van der Waals surface area contributed by atoms with E-state index in [-0.39, 0.29) is 29.3 Å². The normalized spacial score (nSPS) is 18.7. The maximum absolute atomic E-state index is 13.4. The Balaban J connectivity index is 1.46. The summed E-state index contributed by atoms with van der Waals surface area (Å²) in [7, 11) is 0. The van der Waals surface area contributed by atoms with Gasteiger partial charge in [-0.1, -0.05) is 12.1 Å². The van der Waals surface area contributed by atoms with E-state index >= 15 is 0 Å². The lowest BCUT2D eigenvalue weighted by Crippen LogP contribution is -2.38. The number of anilines is 1. The number of nitrogens with zero attached hydrogens (tertiary/aromatic N) is 2. The Labute approximate surface area is 185 Å². The first-order valence-electron chi connectivity index (χ1n) is 10.4. The second-order valence-electron chi connectivity index (χ2n) is 7.77. The minimum atomic E-state index is -0.720. The fraction of sp³-hybridized carbons (Fsp3) is 0.240. The van der Waals surface area contributed by atoms with E-state index in [0.717, 1.165) is 5.69 Å². The van der Waals surface area contributed by atoms with Gasteiger partial charge in [0, 0.05) is 12.1 Å². The molecule has 3 atom stereocenters. The van der Waals surface area contributed by atoms with Crippen LogP contribution in [0.4, 0.5) is 14.5 Å². The van der Waals surface area contributed by atoms with Gasteiger partial charge in [0.05, 0.1) is 17.8 Å². The van der Waals surface area contributed by atoms with E-state index < -0.39 is 6.10 Å². The molecule has 3 aromatic carbocycles. The SMILES string of the molecule is Oc1ccc(OCC2[C@@H](CCC(O)c3ccc(F)cc3)C=NN2c2ccc(F)cc2)cc1. The van der Waals surface area contributed by atoms with Crippen molar-refractivity contribution < 1.29 is 23.7 Å². The predicted octanol–water partition coefficient (Wildman–Crippen LogP) is 5.05. The van der Waals surface area contributed by atoms with Crippen molar-refractivity contribution in [2.75, 3.05) is 11.6 Å². The van der Waals surface area contributed by atoms with E-state index in [9.17, 15) is 19.0 Å². The third kappa shape index (κ3) is 5.23. The third-order valence-electron chi connectivity index (χ3n) is 5.57. The largest absolute Gasteiger partial charge is 0.508 e. The number of hydrazone groups is 1. The highest BCUT2D eigenvalue weighted by Crippen LogP contribution is 2.31. The summed E-state index contributed by atoms with van der Waals surface area (Å²) in [6.07, 6.45) is 2.20. The minimum absolute atomic E-state index is 0.0210. The molecule has 1 heterocycles. The summed E-state index contributed by atoms with van der Waals surface area (Å²) in [5.74, 6) is 0.0753. The van der Waals surface area contributed by atoms with Crippen LogP contribution in [-0.4, -0.2) is 29.1 Å². The number of hydrogen-bond acceptors (Lipinski definition) is 5. The first kappa shape index (κ1) is 21.8. The van der Waals surface area contributed by atoms with Gasteiger partial charge in [0.2, 0.25) is 0 Å². The van der Waals surface area contributed by atoms with Crippen molar-refractivity contribution in [3.8, 4) is 11.5 Å². The molecule has 0 spiro atoms. The quantitative estimate of drug-likeness (QED) is 0.516. The summed E-state index contributed by atoms with van der Waals surface area (Å²) < 4.78 is 32.5. The van der Waals surface area contributed by atoms with E-state index in [0.29, 0.717) is 30.8 Å². The molecule has 166 valence electrons. The number of phenolic OH excluding ortho intramolecular Hbond substituents is 1. The number of aliphatic hydroxyl groups excluding tert-OH is 1. The lowest BCUT2D eigenvalue weighted by Gasteiger charge is -2.28. The van der Waals surface area contributed by atoms with E-state index in [4.69, 9.17) is 4.74 Å². The Kier molecular flexibility index (Phi) is 6.66. The average molecular weight is 438 g/mol. The second-order valence-corrected chi connectivity index (χ2v) is 7.77. The summed E-state index contributed by atoms with van der Waals surface area (Å²) in [5, 5.41) is 26.3. The molecule has 1 aliphatic rings. The molecule has 1 aliphatic heterocycles. The molecule has 0 saturated carbocycles. The number of aliphatic hydroxyl groups is 1. The Bertz CT molecular complexity index is 1040. The van der Waals surface area contributed by atoms with Gasteiger partial charge in [-0.15, -0.1) is 0 Å². The first-order chi connectivity index (χ1) is 15.5. The molecular formula is C25H24F2N2O3. The number of hydrogen-bond donors (Lipinski definition) is 2. The van der Waals surface area contributed by atoms with E-state index in [1.807, 2.05) is 6.21 Å². The highest BCUT2D eigenvalue weighted by molar-refractivity contribution is 5.69. The second kappa shape index (κ2) is 9.78. The number of halogens is 2. The van der Waals surface area contributed by atoms with Gasteiger partial charge in [-0.3, -0.25) is 5.01 Å². The molecule has 0 aliphatic carbocycles. The molecular weight excluding hydrogens is 414 g/mol. The smallest absolute Gasteiger partial charge is 0.123 e. The maximum Gasteiger partial charge on any atom is 0.123 e. The molecule has 0 bridgehead atoms. The topological polar surface area (TPSA) is 65.3 Å². The Morgan fingerprint density at radius 2 is 1.53 bits per heavy atom. The third-order valence-corrected chi connectivity index (χ3v) is 5.57. The molecule has 0 fully saturated rings. The number of phenols is 1. The van der Waals surface area contributed by atoms with Gasteiger partial charge in [0.1, 0.15) is 29.7 Å². The van der Waals surface area contributed by atoms with Gasteiger partial charge in [0.25, 0.3) is 0 Å². The summed E-state index contributed by atoms with van der Waals surface area (Å²) in [6.45, 7) is 0.305. The molecule has 0 radical (unpaired) electrons. The van der Waals surface area contributed by atoms with Crippen molar-refractivity contribution >= 4 is 11.9 Å². The molecule has 3 aromatic rings. The highest BCUT2D eigenvalue weighted by atomic mass is 19.1. The van der Waals surface area contributed by atoms with Gasteiger partial charge in [-0.05, 0) is 79.1 Å². The number of rotatable bonds is 8. The van der Waals surface area contributed by atoms with Crippen molar-refractivity contribution in [2.45, 2.75) is 25.0 Å². The van der Waals surface area contributed by atoms with Crippen LogP contribution in [0.15, 0.2) is 77.9 Å². The van der Waals surface area contributed by atoms with Crippen LogP contribution in [0, 0.1) is 17.6 Å². The van der Waals surface area contributed by atoms with Crippen LogP contribution in [0.1, 0.15) is 24.5 Å². The van der Waals surface area contributed by atoms with Crippen LogP contribution in [0.3, 0.4) is 0 Å². The Hall–Kier alpha value is -3.45. The predicted molar refractivity (Wildman–Crippen MR) is 119 cm³/mol. The van der Waals surface area contributed by atoms with Gasteiger partial charge >= 0.3 is 0 Å². The van der Waals surface area contributed by atoms with Crippen LogP contribution < -0.4 is 9.75 Å². The summed E-state index contributed by atoms with van der Waals surface area (Å²) in [4.78, 5) is 0. The van der Waals surface area contributed by atoms with Crippen molar-refractivity contribution in [3.05, 3.63) is 90.0 Å². The van der Waals surface area contributed by atoms with Gasteiger partial charge in [-0.25, -0.2) is 8.78 Å². The van der Waals surface area contributed by atoms with Crippen LogP contribution in [0.5, 0.6) is 11.5 Å². The summed E-state index contributed by atoms with van der Waals surface area (Å²) in [6, 6.07) is 18.2. The molecule has 0 saturated heterocycles. The molecule has 7 heteroatoms. The van der Waals surface area contributed by atoms with Gasteiger partial charge in [-0.2, -0.15) is 5.10 Å². The van der Waals surface area contributed by atoms with Crippen LogP contribution >= 0.6 is 0 Å². The average Bonchev–Trinajstić information content (AvgIpc) is 3.21. The molecule has 0 aromatic heterocycles. The summed E-state index contributed by atoms with van der Waals surface area (Å²) in [5.41, 5.74) is 1.40. The monoisotopic (exact) mass is 438 g/mol. The standard InChI is InChI=1S/C25H24F2N2O3/c26-19-4-1-17(2-5-19)25(31)14-3-18-15-28-29(21-8-6-20(27)7-9-21)24(18)16-32-23-12-10-22(30)11-13-23/h1-2,4-13,15,18,24-25,30-31H,3,14,16H2/t18-,24?,25?/m0/s1. The minimum Gasteiger partial charge on any atom is -0.508 e. The van der Waals surface area contributed by atoms with Gasteiger partial charge in [0.15, 0.2) is 0 Å². The van der Waals surface area contributed by atoms with E-state index in [2.05, 4.69) is 5.10 Å². The lowest BCUT2D eigenvalue weighted by molar-refractivity contribution is 0.157. The first-order valence-corrected chi connectivity index (χ1v) is 10.4. The molecule has 4 rings (SSSR count). The van der Waals surface area contributed by atoms with Crippen LogP contribution in [0.2, 0.25) is 0 Å². The molecule has 2 N–H and O–H groups in total. The van der Waals surface area contributed by atoms with Crippen molar-refractivity contribution in [1.82, 2.24) is 0 Å². The summed E-state index contributed by atoms with van der Waals surface area (Å²) >= 11 is 0. The maximum atomic E-state index is 13.4. The lowest BCUT2D eigenvalue weighted by atomic mass is 9.93. The van der Waals surface area contributed by atoms with Crippen LogP contribution in [-0.2, 0) is 0 Å². The Morgan fingerprint density at radius 1 is 0.906 bits per heavy atom. The number of aromatic hydroxyl groups is 1. The number of benzene rings is 3. The van der Waals surface area contributed by atoms with E-state index in [1.165, 1.54) is 24.3 Å². The zero-order valence-corrected chi connectivity index (χ0v) is 17.3. The van der Waals surface area contributed by atoms with E-state index in [1.54, 1.807) is 53.5 Å². The fourth-order valence-electron chi connectivity index (χ4n) is 3.76. The van der Waals surface area contributed by atoms with Gasteiger partial charge < -0.3 is 14.9 Å². The highest BCUT2D eigenvalue weighted by Gasteiger charge is 2.33.